The normalized spacial score (nSPS) is 23.8. The second-order valence-electron chi connectivity index (χ2n) is 8.47. The Morgan fingerprint density at radius 2 is 1.85 bits per heavy atom. The fraction of sp³-hybridized carbons (Fsp3) is 0.739. The van der Waals surface area contributed by atoms with E-state index in [4.69, 9.17) is 9.47 Å². The van der Waals surface area contributed by atoms with E-state index in [-0.39, 0.29) is 48.9 Å². The standard InChI is InChI=1S/C23H35N3O6S2/c1-2-33-19-14-20(28)26(22(19)29)9-11-32-13-12-31-10-5-7-16(27)6-3-4-8-18-21-17(15-34-18)24-23(30)25-21/h14,17-18,21H,2-13,15H2,1H3,(H2,24,25,30)/t17-,18-,21-/m0/s1. The van der Waals surface area contributed by atoms with Crippen LogP contribution in [0, 0.1) is 0 Å². The van der Waals surface area contributed by atoms with Gasteiger partial charge in [0.05, 0.1) is 43.4 Å². The lowest BCUT2D eigenvalue weighted by Gasteiger charge is -2.16. The number of rotatable bonds is 17. The van der Waals surface area contributed by atoms with E-state index >= 15 is 0 Å². The summed E-state index contributed by atoms with van der Waals surface area (Å²) in [6.07, 6.45) is 6.12. The van der Waals surface area contributed by atoms with Gasteiger partial charge in [0, 0.05) is 36.5 Å². The summed E-state index contributed by atoms with van der Waals surface area (Å²) in [6, 6.07) is 0.426. The number of unbranched alkanes of at least 4 members (excludes halogenated alkanes) is 1. The molecule has 9 nitrogen and oxygen atoms in total. The molecule has 0 unspecified atom stereocenters. The molecular weight excluding hydrogens is 478 g/mol. The van der Waals surface area contributed by atoms with E-state index in [9.17, 15) is 19.2 Å². The maximum atomic E-state index is 12.1. The van der Waals surface area contributed by atoms with Crippen molar-refractivity contribution in [3.8, 4) is 0 Å². The topological polar surface area (TPSA) is 114 Å². The van der Waals surface area contributed by atoms with Gasteiger partial charge < -0.3 is 20.1 Å². The number of hydrogen-bond donors (Lipinski definition) is 2. The minimum Gasteiger partial charge on any atom is -0.379 e. The third-order valence-corrected chi connectivity index (χ3v) is 8.39. The number of carbonyl (C=O) groups is 4. The van der Waals surface area contributed by atoms with Crippen molar-refractivity contribution >= 4 is 47.2 Å². The van der Waals surface area contributed by atoms with Crippen molar-refractivity contribution < 1.29 is 28.7 Å². The van der Waals surface area contributed by atoms with Gasteiger partial charge >= 0.3 is 6.03 Å². The van der Waals surface area contributed by atoms with Crippen molar-refractivity contribution in [2.24, 2.45) is 0 Å². The van der Waals surface area contributed by atoms with Crippen LogP contribution in [0.1, 0.15) is 45.4 Å². The third kappa shape index (κ3) is 8.00. The van der Waals surface area contributed by atoms with Crippen LogP contribution in [0.4, 0.5) is 4.79 Å². The first-order valence-electron chi connectivity index (χ1n) is 12.1. The van der Waals surface area contributed by atoms with Gasteiger partial charge in [-0.2, -0.15) is 11.8 Å². The summed E-state index contributed by atoms with van der Waals surface area (Å²) in [4.78, 5) is 49.1. The largest absolute Gasteiger partial charge is 0.379 e. The number of Topliss-reactive ketones (excluding diaryl/α,β-unsaturated/α-hetero) is 1. The SMILES string of the molecule is CCSC1=CC(=O)N(CCOCCOCCCC(=O)CCCC[C@@H]2SC[C@@H]3NC(=O)N[C@@H]32)C1=O. The lowest BCUT2D eigenvalue weighted by Crippen LogP contribution is -2.36. The summed E-state index contributed by atoms with van der Waals surface area (Å²) in [7, 11) is 0. The molecule has 3 aliphatic rings. The van der Waals surface area contributed by atoms with E-state index in [0.29, 0.717) is 49.2 Å². The molecule has 0 saturated carbocycles. The van der Waals surface area contributed by atoms with Crippen LogP contribution in [0.5, 0.6) is 0 Å². The molecule has 0 aromatic heterocycles. The summed E-state index contributed by atoms with van der Waals surface area (Å²) in [5.41, 5.74) is 0. The second kappa shape index (κ2) is 14.1. The molecule has 0 radical (unpaired) electrons. The average Bonchev–Trinajstić information content (AvgIpc) is 3.44. The molecule has 3 aliphatic heterocycles. The summed E-state index contributed by atoms with van der Waals surface area (Å²) in [5.74, 6) is 1.45. The van der Waals surface area contributed by atoms with Crippen LogP contribution in [-0.4, -0.2) is 90.3 Å². The average molecular weight is 514 g/mol. The highest BCUT2D eigenvalue weighted by atomic mass is 32.2. The number of nitrogens with one attached hydrogen (secondary N) is 2. The van der Waals surface area contributed by atoms with Gasteiger partial charge in [0.25, 0.3) is 11.8 Å². The third-order valence-electron chi connectivity index (χ3n) is 5.98. The summed E-state index contributed by atoms with van der Waals surface area (Å²) in [6.45, 7) is 3.76. The molecular formula is C23H35N3O6S2. The number of fused-ring (bicyclic) bond motifs is 1. The Labute approximate surface area is 209 Å². The maximum Gasteiger partial charge on any atom is 0.315 e. The Hall–Kier alpha value is -1.56. The molecule has 190 valence electrons. The van der Waals surface area contributed by atoms with Gasteiger partial charge in [-0.25, -0.2) is 4.79 Å². The molecule has 0 aromatic rings. The number of hydrogen-bond acceptors (Lipinski definition) is 8. The predicted octanol–water partition coefficient (Wildman–Crippen LogP) is 2.10. The zero-order chi connectivity index (χ0) is 24.3. The van der Waals surface area contributed by atoms with Crippen LogP contribution >= 0.6 is 23.5 Å². The van der Waals surface area contributed by atoms with Crippen molar-refractivity contribution in [1.29, 1.82) is 0 Å². The van der Waals surface area contributed by atoms with Gasteiger partial charge in [-0.15, -0.1) is 11.8 Å². The first-order chi connectivity index (χ1) is 16.5. The molecule has 0 bridgehead atoms. The summed E-state index contributed by atoms with van der Waals surface area (Å²) < 4.78 is 11.0. The maximum absolute atomic E-state index is 12.1. The molecule has 3 atom stereocenters. The second-order valence-corrected chi connectivity index (χ2v) is 11.0. The van der Waals surface area contributed by atoms with E-state index in [0.717, 1.165) is 30.8 Å². The zero-order valence-electron chi connectivity index (χ0n) is 19.7. The van der Waals surface area contributed by atoms with E-state index in [1.165, 1.54) is 22.7 Å². The molecule has 2 fully saturated rings. The first-order valence-corrected chi connectivity index (χ1v) is 14.1. The molecule has 11 heteroatoms. The number of nitrogens with zero attached hydrogens (tertiary/aromatic N) is 1. The van der Waals surface area contributed by atoms with Crippen LogP contribution in [0.25, 0.3) is 0 Å². The Kier molecular flexibility index (Phi) is 11.2. The molecule has 3 heterocycles. The number of carbonyl (C=O) groups excluding carboxylic acids is 4. The Morgan fingerprint density at radius 3 is 2.65 bits per heavy atom. The zero-order valence-corrected chi connectivity index (χ0v) is 21.3. The molecule has 3 rings (SSSR count). The van der Waals surface area contributed by atoms with E-state index in [2.05, 4.69) is 10.6 Å². The highest BCUT2D eigenvalue weighted by Gasteiger charge is 2.42. The Bertz CT molecular complexity index is 778. The van der Waals surface area contributed by atoms with Gasteiger partial charge in [0.15, 0.2) is 0 Å². The smallest absolute Gasteiger partial charge is 0.315 e. The van der Waals surface area contributed by atoms with E-state index in [1.54, 1.807) is 0 Å². The van der Waals surface area contributed by atoms with Gasteiger partial charge in [0.1, 0.15) is 5.78 Å². The fourth-order valence-corrected chi connectivity index (χ4v) is 6.51. The van der Waals surface area contributed by atoms with Crippen molar-refractivity contribution in [3.05, 3.63) is 11.0 Å². The fourth-order valence-electron chi connectivity index (χ4n) is 4.24. The first kappa shape index (κ1) is 27.0. The minimum atomic E-state index is -0.281. The minimum absolute atomic E-state index is 0.0583. The molecule has 2 saturated heterocycles. The van der Waals surface area contributed by atoms with E-state index < -0.39 is 0 Å². The lowest BCUT2D eigenvalue weighted by atomic mass is 10.0. The molecule has 34 heavy (non-hydrogen) atoms. The molecule has 0 aromatic carbocycles. The number of amides is 4. The van der Waals surface area contributed by atoms with Gasteiger partial charge in [-0.3, -0.25) is 19.3 Å². The van der Waals surface area contributed by atoms with E-state index in [1.807, 2.05) is 18.7 Å². The van der Waals surface area contributed by atoms with Crippen LogP contribution < -0.4 is 10.6 Å². The van der Waals surface area contributed by atoms with Crippen LogP contribution in [0.2, 0.25) is 0 Å². The highest BCUT2D eigenvalue weighted by Crippen LogP contribution is 2.33. The van der Waals surface area contributed by atoms with Gasteiger partial charge in [-0.05, 0) is 25.0 Å². The van der Waals surface area contributed by atoms with Crippen molar-refractivity contribution in [3.63, 3.8) is 0 Å². The molecule has 0 aliphatic carbocycles. The van der Waals surface area contributed by atoms with Crippen molar-refractivity contribution in [2.45, 2.75) is 62.8 Å². The molecule has 4 amide bonds. The molecule has 0 spiro atoms. The number of ketones is 1. The molecule has 2 N–H and O–H groups in total. The number of ether oxygens (including phenoxy) is 2. The van der Waals surface area contributed by atoms with Crippen LogP contribution in [0.3, 0.4) is 0 Å². The summed E-state index contributed by atoms with van der Waals surface area (Å²) >= 11 is 3.28. The van der Waals surface area contributed by atoms with Gasteiger partial charge in [0.2, 0.25) is 0 Å². The lowest BCUT2D eigenvalue weighted by molar-refractivity contribution is -0.137. The highest BCUT2D eigenvalue weighted by molar-refractivity contribution is 8.04. The van der Waals surface area contributed by atoms with Gasteiger partial charge in [-0.1, -0.05) is 13.3 Å². The van der Waals surface area contributed by atoms with Crippen LogP contribution in [-0.2, 0) is 23.9 Å². The van der Waals surface area contributed by atoms with Crippen LogP contribution in [0.15, 0.2) is 11.0 Å². The monoisotopic (exact) mass is 513 g/mol. The quantitative estimate of drug-likeness (QED) is 0.173. The number of urea groups is 1. The number of thioether (sulfide) groups is 2. The summed E-state index contributed by atoms with van der Waals surface area (Å²) in [5, 5.41) is 6.39. The Balaban J connectivity index is 1.11. The number of imide groups is 1. The predicted molar refractivity (Wildman–Crippen MR) is 133 cm³/mol. The van der Waals surface area contributed by atoms with Crippen molar-refractivity contribution in [1.82, 2.24) is 15.5 Å². The van der Waals surface area contributed by atoms with Crippen molar-refractivity contribution in [2.75, 3.05) is 44.5 Å². The Morgan fingerprint density at radius 1 is 1.09 bits per heavy atom.